The minimum Gasteiger partial charge on any atom is -0.369 e. The van der Waals surface area contributed by atoms with Crippen LogP contribution in [-0.2, 0) is 4.79 Å². The number of hydrogen-bond acceptors (Lipinski definition) is 8. The largest absolute Gasteiger partial charge is 0.369 e. The number of amides is 1. The van der Waals surface area contributed by atoms with E-state index in [1.54, 1.807) is 18.3 Å². The van der Waals surface area contributed by atoms with E-state index in [-0.39, 0.29) is 5.91 Å². The smallest absolute Gasteiger partial charge is 0.248 e. The van der Waals surface area contributed by atoms with Crippen LogP contribution in [0.25, 0.3) is 22.3 Å². The Kier molecular flexibility index (Phi) is 8.06. The molecule has 39 heavy (non-hydrogen) atoms. The van der Waals surface area contributed by atoms with Crippen molar-refractivity contribution in [3.8, 4) is 11.3 Å². The van der Waals surface area contributed by atoms with Gasteiger partial charge in [0.1, 0.15) is 0 Å². The lowest BCUT2D eigenvalue weighted by Gasteiger charge is -2.34. The summed E-state index contributed by atoms with van der Waals surface area (Å²) in [5, 5.41) is 14.6. The van der Waals surface area contributed by atoms with Gasteiger partial charge in [-0.2, -0.15) is 10.1 Å². The lowest BCUT2D eigenvalue weighted by atomic mass is 10.1. The molecule has 10 nitrogen and oxygen atoms in total. The number of benzene rings is 2. The zero-order chi connectivity index (χ0) is 27.4. The van der Waals surface area contributed by atoms with Crippen LogP contribution in [0.5, 0.6) is 0 Å². The molecule has 0 radical (unpaired) electrons. The number of piperazine rings is 1. The maximum absolute atomic E-state index is 12.4. The Morgan fingerprint density at radius 1 is 1.10 bits per heavy atom. The first-order chi connectivity index (χ1) is 18.9. The maximum atomic E-state index is 12.4. The quantitative estimate of drug-likeness (QED) is 0.283. The number of rotatable bonds is 8. The highest BCUT2D eigenvalue weighted by Crippen LogP contribution is 2.34. The van der Waals surface area contributed by atoms with Crippen LogP contribution in [-0.4, -0.2) is 89.7 Å². The Hall–Kier alpha value is -3.99. The maximum Gasteiger partial charge on any atom is 0.248 e. The van der Waals surface area contributed by atoms with Gasteiger partial charge in [0.2, 0.25) is 11.9 Å². The summed E-state index contributed by atoms with van der Waals surface area (Å²) in [6, 6.07) is 13.6. The van der Waals surface area contributed by atoms with E-state index in [2.05, 4.69) is 54.8 Å². The molecule has 4 aromatic rings. The number of hydrogen-bond donors (Lipinski definition) is 3. The second-order valence-corrected chi connectivity index (χ2v) is 10.2. The van der Waals surface area contributed by atoms with Crippen LogP contribution < -0.4 is 15.5 Å². The molecule has 0 bridgehead atoms. The zero-order valence-corrected chi connectivity index (χ0v) is 23.0. The molecule has 1 aliphatic heterocycles. The summed E-state index contributed by atoms with van der Waals surface area (Å²) >= 11 is 6.63. The molecule has 11 heteroatoms. The van der Waals surface area contributed by atoms with E-state index in [0.717, 1.165) is 42.9 Å². The topological polar surface area (TPSA) is 105 Å². The Bertz CT molecular complexity index is 1490. The normalized spacial score (nSPS) is 14.4. The first kappa shape index (κ1) is 26.6. The number of aromatic amines is 1. The minimum atomic E-state index is -0.219. The number of aromatic nitrogens is 4. The number of nitrogens with one attached hydrogen (secondary N) is 3. The summed E-state index contributed by atoms with van der Waals surface area (Å²) in [6.07, 6.45) is 5.00. The standard InChI is InChI=1S/C28H32ClN9O/c1-36(2)11-5-8-25(39)31-20-9-10-24(29)22(17-20)26-23-18-30-35-27(23)34-28(33-26)32-19-6-4-7-21(16-19)38-14-12-37(3)13-15-38/h4-10,16-18H,11-15H2,1-3H3,(H,31,39)(H2,30,32,33,34,35)/b8-5+. The molecule has 1 aliphatic rings. The third-order valence-corrected chi connectivity index (χ3v) is 6.84. The monoisotopic (exact) mass is 545 g/mol. The molecule has 0 aliphatic carbocycles. The van der Waals surface area contributed by atoms with Gasteiger partial charge in [0.15, 0.2) is 5.65 Å². The van der Waals surface area contributed by atoms with Gasteiger partial charge in [-0.1, -0.05) is 23.7 Å². The molecule has 1 fully saturated rings. The van der Waals surface area contributed by atoms with Crippen LogP contribution in [0.2, 0.25) is 5.02 Å². The Morgan fingerprint density at radius 3 is 2.72 bits per heavy atom. The molecule has 0 spiro atoms. The van der Waals surface area contributed by atoms with Crippen LogP contribution in [0.15, 0.2) is 60.8 Å². The third kappa shape index (κ3) is 6.54. The SMILES string of the molecule is CN(C)C/C=C/C(=O)Nc1ccc(Cl)c(-c2nc(Nc3cccc(N4CCN(C)CC4)c3)nc3[nH]ncc23)c1. The van der Waals surface area contributed by atoms with Gasteiger partial charge in [-0.3, -0.25) is 9.89 Å². The zero-order valence-electron chi connectivity index (χ0n) is 22.3. The van der Waals surface area contributed by atoms with Gasteiger partial charge in [-0.05, 0) is 57.5 Å². The van der Waals surface area contributed by atoms with Crippen LogP contribution in [0.3, 0.4) is 0 Å². The molecule has 3 heterocycles. The average molecular weight is 546 g/mol. The van der Waals surface area contributed by atoms with E-state index in [4.69, 9.17) is 16.6 Å². The number of anilines is 4. The van der Waals surface area contributed by atoms with Gasteiger partial charge in [-0.15, -0.1) is 0 Å². The first-order valence-electron chi connectivity index (χ1n) is 12.8. The fraction of sp³-hybridized carbons (Fsp3) is 0.286. The second-order valence-electron chi connectivity index (χ2n) is 9.84. The van der Waals surface area contributed by atoms with Gasteiger partial charge < -0.3 is 25.3 Å². The third-order valence-electron chi connectivity index (χ3n) is 6.51. The number of nitrogens with zero attached hydrogens (tertiary/aromatic N) is 6. The predicted octanol–water partition coefficient (Wildman–Crippen LogP) is 4.23. The van der Waals surface area contributed by atoms with Crippen molar-refractivity contribution in [3.63, 3.8) is 0 Å². The molecule has 5 rings (SSSR count). The molecule has 0 atom stereocenters. The van der Waals surface area contributed by atoms with Crippen molar-refractivity contribution in [3.05, 3.63) is 65.8 Å². The summed E-state index contributed by atoms with van der Waals surface area (Å²) in [4.78, 5) is 28.5. The molecular formula is C28H32ClN9O. The summed E-state index contributed by atoms with van der Waals surface area (Å²) < 4.78 is 0. The fourth-order valence-corrected chi connectivity index (χ4v) is 4.62. The number of halogens is 1. The van der Waals surface area contributed by atoms with E-state index in [1.165, 1.54) is 6.08 Å². The van der Waals surface area contributed by atoms with Gasteiger partial charge in [0.05, 0.1) is 22.3 Å². The first-order valence-corrected chi connectivity index (χ1v) is 13.2. The van der Waals surface area contributed by atoms with Crippen LogP contribution in [0.1, 0.15) is 0 Å². The number of fused-ring (bicyclic) bond motifs is 1. The Balaban J connectivity index is 1.42. The van der Waals surface area contributed by atoms with E-state index < -0.39 is 0 Å². The molecule has 202 valence electrons. The van der Waals surface area contributed by atoms with E-state index >= 15 is 0 Å². The molecule has 1 amide bonds. The number of carbonyl (C=O) groups is 1. The Labute approximate surface area is 232 Å². The molecular weight excluding hydrogens is 514 g/mol. The highest BCUT2D eigenvalue weighted by Gasteiger charge is 2.17. The van der Waals surface area contributed by atoms with Gasteiger partial charge in [0.25, 0.3) is 0 Å². The summed E-state index contributed by atoms with van der Waals surface area (Å²) in [6.45, 7) is 4.71. The minimum absolute atomic E-state index is 0.219. The van der Waals surface area contributed by atoms with E-state index in [0.29, 0.717) is 40.1 Å². The number of carbonyl (C=O) groups excluding carboxylic acids is 1. The van der Waals surface area contributed by atoms with Crippen molar-refractivity contribution in [2.75, 3.05) is 69.4 Å². The summed E-state index contributed by atoms with van der Waals surface area (Å²) in [5.41, 5.74) is 4.49. The lowest BCUT2D eigenvalue weighted by Crippen LogP contribution is -2.44. The Morgan fingerprint density at radius 2 is 1.92 bits per heavy atom. The van der Waals surface area contributed by atoms with E-state index in [1.807, 2.05) is 43.3 Å². The second kappa shape index (κ2) is 11.8. The molecule has 2 aromatic heterocycles. The van der Waals surface area contributed by atoms with Gasteiger partial charge >= 0.3 is 0 Å². The van der Waals surface area contributed by atoms with Crippen molar-refractivity contribution in [2.45, 2.75) is 0 Å². The fourth-order valence-electron chi connectivity index (χ4n) is 4.41. The van der Waals surface area contributed by atoms with Crippen molar-refractivity contribution in [2.24, 2.45) is 0 Å². The average Bonchev–Trinajstić information content (AvgIpc) is 3.38. The van der Waals surface area contributed by atoms with Crippen LogP contribution in [0.4, 0.5) is 23.0 Å². The summed E-state index contributed by atoms with van der Waals surface area (Å²) in [7, 11) is 6.04. The van der Waals surface area contributed by atoms with E-state index in [9.17, 15) is 4.79 Å². The number of H-pyrrole nitrogens is 1. The molecule has 2 aromatic carbocycles. The van der Waals surface area contributed by atoms with Crippen molar-refractivity contribution in [1.29, 1.82) is 0 Å². The molecule has 1 saturated heterocycles. The lowest BCUT2D eigenvalue weighted by molar-refractivity contribution is -0.111. The van der Waals surface area contributed by atoms with Crippen molar-refractivity contribution in [1.82, 2.24) is 30.0 Å². The van der Waals surface area contributed by atoms with Crippen LogP contribution in [0, 0.1) is 0 Å². The number of likely N-dealkylation sites (N-methyl/N-ethyl adjacent to an activating group) is 2. The highest BCUT2D eigenvalue weighted by molar-refractivity contribution is 6.33. The molecule has 0 unspecified atom stereocenters. The van der Waals surface area contributed by atoms with Crippen LogP contribution >= 0.6 is 11.6 Å². The molecule has 3 N–H and O–H groups in total. The van der Waals surface area contributed by atoms with Crippen molar-refractivity contribution >= 4 is 51.6 Å². The van der Waals surface area contributed by atoms with Gasteiger partial charge in [-0.25, -0.2) is 4.98 Å². The predicted molar refractivity (Wildman–Crippen MR) is 158 cm³/mol. The van der Waals surface area contributed by atoms with Gasteiger partial charge in [0, 0.05) is 61.4 Å². The van der Waals surface area contributed by atoms with Crippen molar-refractivity contribution < 1.29 is 4.79 Å². The summed E-state index contributed by atoms with van der Waals surface area (Å²) in [5.74, 6) is 0.193. The molecule has 0 saturated carbocycles. The highest BCUT2D eigenvalue weighted by atomic mass is 35.5.